The number of carbonyl (C=O) groups is 1. The van der Waals surface area contributed by atoms with Crippen molar-refractivity contribution in [3.63, 3.8) is 0 Å². The summed E-state index contributed by atoms with van der Waals surface area (Å²) in [6, 6.07) is 9.56. The number of morpholine rings is 1. The van der Waals surface area contributed by atoms with Gasteiger partial charge >= 0.3 is 0 Å². The number of benzene rings is 1. The maximum atomic E-state index is 15.3. The third-order valence-corrected chi connectivity index (χ3v) is 8.49. The second kappa shape index (κ2) is 12.7. The van der Waals surface area contributed by atoms with Crippen LogP contribution in [0.1, 0.15) is 49.2 Å². The number of fused-ring (bicyclic) bond motifs is 1. The highest BCUT2D eigenvalue weighted by atomic mass is 19.1. The number of nitrogens with one attached hydrogen (secondary N) is 1. The van der Waals surface area contributed by atoms with Crippen LogP contribution in [-0.4, -0.2) is 66.0 Å². The molecule has 5 heterocycles. The fraction of sp³-hybridized carbons (Fsp3) is 0.314. The summed E-state index contributed by atoms with van der Waals surface area (Å²) in [6.07, 6.45) is 5.91. The molecule has 2 N–H and O–H groups in total. The average molecular weight is 654 g/mol. The second-order valence-corrected chi connectivity index (χ2v) is 12.9. The highest BCUT2D eigenvalue weighted by Gasteiger charge is 2.25. The molecule has 248 valence electrons. The zero-order valence-corrected chi connectivity index (χ0v) is 27.3. The number of amides is 1. The number of anilines is 2. The molecule has 1 amide bonds. The minimum absolute atomic E-state index is 0.0288. The lowest BCUT2D eigenvalue weighted by Crippen LogP contribution is -2.47. The first kappa shape index (κ1) is 32.7. The quantitative estimate of drug-likeness (QED) is 0.277. The van der Waals surface area contributed by atoms with Crippen LogP contribution in [0.3, 0.4) is 0 Å². The van der Waals surface area contributed by atoms with Crippen molar-refractivity contribution in [3.8, 4) is 16.9 Å². The molecule has 1 unspecified atom stereocenters. The average Bonchev–Trinajstić information content (AvgIpc) is 3.06. The van der Waals surface area contributed by atoms with Gasteiger partial charge in [0.05, 0.1) is 43.0 Å². The molecule has 5 aromatic rings. The van der Waals surface area contributed by atoms with Gasteiger partial charge in [-0.05, 0) is 59.9 Å². The number of carbonyl (C=O) groups excluding carboxylic acids is 1. The Labute approximate surface area is 275 Å². The van der Waals surface area contributed by atoms with Gasteiger partial charge in [-0.1, -0.05) is 20.8 Å². The van der Waals surface area contributed by atoms with Crippen LogP contribution in [-0.2, 0) is 23.8 Å². The molecule has 0 aliphatic carbocycles. The largest absolute Gasteiger partial charge is 0.392 e. The third kappa shape index (κ3) is 6.09. The highest BCUT2D eigenvalue weighted by Crippen LogP contribution is 2.30. The number of nitrogens with zero attached hydrogens (tertiary/aromatic N) is 6. The Morgan fingerprint density at radius 3 is 2.58 bits per heavy atom. The number of aliphatic hydroxyl groups excluding tert-OH is 1. The first-order valence-corrected chi connectivity index (χ1v) is 15.5. The van der Waals surface area contributed by atoms with E-state index in [4.69, 9.17) is 4.74 Å². The van der Waals surface area contributed by atoms with Gasteiger partial charge < -0.3 is 24.6 Å². The van der Waals surface area contributed by atoms with Crippen LogP contribution in [0.5, 0.6) is 0 Å². The van der Waals surface area contributed by atoms with Crippen LogP contribution >= 0.6 is 0 Å². The Bertz CT molecular complexity index is 2160. The lowest BCUT2D eigenvalue weighted by molar-refractivity contribution is 0.00357. The molecule has 1 aromatic carbocycles. The number of halogens is 1. The van der Waals surface area contributed by atoms with Gasteiger partial charge in [0.25, 0.3) is 17.0 Å². The van der Waals surface area contributed by atoms with Crippen LogP contribution in [0.25, 0.3) is 27.7 Å². The van der Waals surface area contributed by atoms with Crippen molar-refractivity contribution >= 4 is 28.2 Å². The van der Waals surface area contributed by atoms with E-state index in [1.807, 2.05) is 27.7 Å². The normalized spacial score (nSPS) is 15.1. The summed E-state index contributed by atoms with van der Waals surface area (Å²) in [6.45, 7) is 8.70. The molecule has 1 aliphatic heterocycles. The van der Waals surface area contributed by atoms with Crippen molar-refractivity contribution in [1.29, 1.82) is 0 Å². The zero-order chi connectivity index (χ0) is 34.3. The Kier molecular flexibility index (Phi) is 8.67. The van der Waals surface area contributed by atoms with E-state index in [1.54, 1.807) is 48.5 Å². The molecular weight excluding hydrogens is 617 g/mol. The molecule has 48 heavy (non-hydrogen) atoms. The summed E-state index contributed by atoms with van der Waals surface area (Å²) in [5.74, 6) is -0.445. The fourth-order valence-electron chi connectivity index (χ4n) is 5.78. The van der Waals surface area contributed by atoms with Gasteiger partial charge in [0, 0.05) is 48.7 Å². The Balaban J connectivity index is 1.35. The van der Waals surface area contributed by atoms with Crippen molar-refractivity contribution in [2.75, 3.05) is 25.1 Å². The molecule has 13 heteroatoms. The summed E-state index contributed by atoms with van der Waals surface area (Å²) in [7, 11) is 1.58. The van der Waals surface area contributed by atoms with Crippen LogP contribution < -0.4 is 16.4 Å². The van der Waals surface area contributed by atoms with E-state index in [2.05, 4.69) is 20.4 Å². The smallest absolute Gasteiger partial charge is 0.283 e. The number of pyridine rings is 3. The van der Waals surface area contributed by atoms with Crippen LogP contribution in [0.15, 0.2) is 70.8 Å². The summed E-state index contributed by atoms with van der Waals surface area (Å²) in [5, 5.41) is 18.1. The van der Waals surface area contributed by atoms with Crippen LogP contribution in [0, 0.1) is 5.82 Å². The van der Waals surface area contributed by atoms with E-state index in [0.717, 1.165) is 10.2 Å². The first-order chi connectivity index (χ1) is 22.9. The van der Waals surface area contributed by atoms with E-state index in [9.17, 15) is 19.5 Å². The summed E-state index contributed by atoms with van der Waals surface area (Å²) < 4.78 is 23.1. The summed E-state index contributed by atoms with van der Waals surface area (Å²) >= 11 is 0. The molecule has 1 aliphatic rings. The van der Waals surface area contributed by atoms with Crippen molar-refractivity contribution in [3.05, 3.63) is 104 Å². The lowest BCUT2D eigenvalue weighted by atomic mass is 9.86. The molecule has 1 atom stereocenters. The Hall–Kier alpha value is -5.27. The van der Waals surface area contributed by atoms with Crippen LogP contribution in [0.2, 0.25) is 0 Å². The van der Waals surface area contributed by atoms with Gasteiger partial charge in [0.1, 0.15) is 17.3 Å². The van der Waals surface area contributed by atoms with E-state index in [0.29, 0.717) is 47.7 Å². The van der Waals surface area contributed by atoms with Gasteiger partial charge in [-0.15, -0.1) is 0 Å². The minimum atomic E-state index is -0.719. The molecule has 0 saturated carbocycles. The predicted molar refractivity (Wildman–Crippen MR) is 179 cm³/mol. The standard InChI is InChI=1S/C35H36FN7O5/c1-20-19-48-11-10-42(20)32(45)21-6-7-29(38-15-21)40-28-13-23(17-41(5)33(28)46)25-8-9-37-31(26(25)18-44)43-34(47)30-22(16-39-43)12-24(14-27(30)36)35(2,3)4/h6-9,12-17,20,44H,10-11,18-19H2,1-5H3,(H,38,40). The second-order valence-electron chi connectivity index (χ2n) is 12.9. The van der Waals surface area contributed by atoms with Gasteiger partial charge in [-0.25, -0.2) is 14.4 Å². The van der Waals surface area contributed by atoms with Gasteiger partial charge in [0.15, 0.2) is 5.82 Å². The van der Waals surface area contributed by atoms with Crippen molar-refractivity contribution < 1.29 is 19.0 Å². The Morgan fingerprint density at radius 1 is 1.10 bits per heavy atom. The molecule has 1 fully saturated rings. The molecular formula is C35H36FN7O5. The van der Waals surface area contributed by atoms with E-state index in [1.165, 1.54) is 29.2 Å². The fourth-order valence-corrected chi connectivity index (χ4v) is 5.78. The van der Waals surface area contributed by atoms with E-state index < -0.39 is 18.0 Å². The van der Waals surface area contributed by atoms with E-state index in [-0.39, 0.29) is 45.4 Å². The lowest BCUT2D eigenvalue weighted by Gasteiger charge is -2.33. The number of rotatable bonds is 6. The monoisotopic (exact) mass is 653 g/mol. The summed E-state index contributed by atoms with van der Waals surface area (Å²) in [5.41, 5.74) is 1.17. The maximum absolute atomic E-state index is 15.3. The van der Waals surface area contributed by atoms with Crippen molar-refractivity contribution in [1.82, 2.24) is 29.2 Å². The molecule has 1 saturated heterocycles. The van der Waals surface area contributed by atoms with Gasteiger partial charge in [-0.3, -0.25) is 14.4 Å². The van der Waals surface area contributed by atoms with Crippen molar-refractivity contribution in [2.24, 2.45) is 7.05 Å². The maximum Gasteiger partial charge on any atom is 0.283 e. The topological polar surface area (TPSA) is 144 Å². The predicted octanol–water partition coefficient (Wildman–Crippen LogP) is 4.07. The highest BCUT2D eigenvalue weighted by molar-refractivity contribution is 5.94. The Morgan fingerprint density at radius 2 is 1.90 bits per heavy atom. The first-order valence-electron chi connectivity index (χ1n) is 15.5. The SMILES string of the molecule is CC1COCCN1C(=O)c1ccc(Nc2cc(-c3ccnc(-n4ncc5cc(C(C)(C)C)cc(F)c5c4=O)c3CO)cn(C)c2=O)nc1. The number of aromatic nitrogens is 5. The number of ether oxygens (including phenoxy) is 1. The molecule has 6 rings (SSSR count). The number of hydrogen-bond donors (Lipinski definition) is 2. The van der Waals surface area contributed by atoms with Crippen molar-refractivity contribution in [2.45, 2.75) is 45.8 Å². The molecule has 0 radical (unpaired) electrons. The van der Waals surface area contributed by atoms with E-state index >= 15 is 4.39 Å². The number of aryl methyl sites for hydroxylation is 1. The zero-order valence-electron chi connectivity index (χ0n) is 27.3. The van der Waals surface area contributed by atoms with Gasteiger partial charge in [-0.2, -0.15) is 9.78 Å². The van der Waals surface area contributed by atoms with Crippen LogP contribution in [0.4, 0.5) is 15.9 Å². The minimum Gasteiger partial charge on any atom is -0.392 e. The molecule has 12 nitrogen and oxygen atoms in total. The molecule has 0 bridgehead atoms. The number of hydrogen-bond acceptors (Lipinski definition) is 9. The molecule has 4 aromatic heterocycles. The summed E-state index contributed by atoms with van der Waals surface area (Å²) in [4.78, 5) is 50.2. The molecule has 0 spiro atoms. The number of aliphatic hydroxyl groups is 1. The third-order valence-electron chi connectivity index (χ3n) is 8.49. The van der Waals surface area contributed by atoms with Gasteiger partial charge in [0.2, 0.25) is 0 Å².